The van der Waals surface area contributed by atoms with Crippen molar-refractivity contribution in [3.8, 4) is 34.0 Å². The Morgan fingerprint density at radius 1 is 0.610 bits per heavy atom. The van der Waals surface area contributed by atoms with Gasteiger partial charge in [0, 0.05) is 34.3 Å². The van der Waals surface area contributed by atoms with Gasteiger partial charge in [0.05, 0.1) is 39.5 Å². The van der Waals surface area contributed by atoms with Crippen LogP contribution in [0.15, 0.2) is 103 Å². The van der Waals surface area contributed by atoms with E-state index in [0.717, 1.165) is 24.3 Å². The minimum atomic E-state index is -4.68. The predicted molar refractivity (Wildman–Crippen MR) is 144 cm³/mol. The maximum absolute atomic E-state index is 13.9. The van der Waals surface area contributed by atoms with Crippen LogP contribution in [-0.4, -0.2) is 9.55 Å². The number of halogens is 6. The number of aromatic nitrogens is 2. The number of benzene rings is 4. The van der Waals surface area contributed by atoms with Gasteiger partial charge >= 0.3 is 12.4 Å². The molecule has 0 fully saturated rings. The van der Waals surface area contributed by atoms with Gasteiger partial charge in [-0.05, 0) is 59.7 Å². The number of hydrogen-bond donors (Lipinski definition) is 0. The number of nitrogens with zero attached hydrogens (tertiary/aromatic N) is 3. The van der Waals surface area contributed by atoms with Gasteiger partial charge in [-0.2, -0.15) is 31.6 Å². The summed E-state index contributed by atoms with van der Waals surface area (Å²) < 4.78 is 84.5. The van der Waals surface area contributed by atoms with Crippen LogP contribution >= 0.6 is 0 Å². The second-order valence-electron chi connectivity index (χ2n) is 9.42. The first kappa shape index (κ1) is 26.1. The Balaban J connectivity index is 1.81. The van der Waals surface area contributed by atoms with Crippen LogP contribution in [0.4, 0.5) is 26.3 Å². The Morgan fingerprint density at radius 2 is 1.15 bits per heavy atom. The summed E-state index contributed by atoms with van der Waals surface area (Å²) in [5.41, 5.74) is 1.07. The van der Waals surface area contributed by atoms with Crippen molar-refractivity contribution in [1.29, 1.82) is 5.26 Å². The maximum Gasteiger partial charge on any atom is 0.416 e. The Labute approximate surface area is 229 Å². The van der Waals surface area contributed by atoms with Gasteiger partial charge in [0.2, 0.25) is 0 Å². The lowest BCUT2D eigenvalue weighted by Gasteiger charge is -2.18. The highest BCUT2D eigenvalue weighted by molar-refractivity contribution is 6.10. The highest BCUT2D eigenvalue weighted by Gasteiger charge is 2.33. The van der Waals surface area contributed by atoms with Gasteiger partial charge in [0.1, 0.15) is 0 Å². The predicted octanol–water partition coefficient (Wildman–Crippen LogP) is 9.42. The molecule has 202 valence electrons. The van der Waals surface area contributed by atoms with E-state index in [1.165, 1.54) is 29.1 Å². The largest absolute Gasteiger partial charge is 0.416 e. The summed E-state index contributed by atoms with van der Waals surface area (Å²) in [6.07, 6.45) is -6.29. The van der Waals surface area contributed by atoms with E-state index in [4.69, 9.17) is 0 Å². The highest BCUT2D eigenvalue weighted by Crippen LogP contribution is 2.43. The normalized spacial score (nSPS) is 12.1. The molecule has 2 aromatic heterocycles. The standard InChI is InChI=1S/C32H17F6N3/c33-31(34,35)22-6-8-24-25-9-7-23(32(36,37)38)16-29(25)41(28(24)15-22)30-17-26(20-10-12-40-13-11-20)21(18-39)14-27(30)19-4-2-1-3-5-19/h1-17H. The van der Waals surface area contributed by atoms with Gasteiger partial charge in [-0.25, -0.2) is 0 Å². The van der Waals surface area contributed by atoms with Gasteiger partial charge in [0.15, 0.2) is 0 Å². The third kappa shape index (κ3) is 4.57. The molecule has 0 aliphatic rings. The zero-order valence-corrected chi connectivity index (χ0v) is 20.9. The summed E-state index contributed by atoms with van der Waals surface area (Å²) in [7, 11) is 0. The second-order valence-corrected chi connectivity index (χ2v) is 9.42. The monoisotopic (exact) mass is 557 g/mol. The van der Waals surface area contributed by atoms with Crippen LogP contribution in [0.3, 0.4) is 0 Å². The summed E-state index contributed by atoms with van der Waals surface area (Å²) in [6, 6.07) is 23.9. The highest BCUT2D eigenvalue weighted by atomic mass is 19.4. The molecule has 0 unspecified atom stereocenters. The maximum atomic E-state index is 13.9. The molecule has 0 amide bonds. The molecular formula is C32H17F6N3. The second kappa shape index (κ2) is 9.52. The van der Waals surface area contributed by atoms with Crippen LogP contribution in [0.25, 0.3) is 49.7 Å². The summed E-state index contributed by atoms with van der Waals surface area (Å²) in [5.74, 6) is 0. The zero-order chi connectivity index (χ0) is 28.9. The van der Waals surface area contributed by atoms with E-state index >= 15 is 0 Å². The van der Waals surface area contributed by atoms with Crippen LogP contribution in [0, 0.1) is 11.3 Å². The van der Waals surface area contributed by atoms with Crippen molar-refractivity contribution in [2.45, 2.75) is 12.4 Å². The Morgan fingerprint density at radius 3 is 1.66 bits per heavy atom. The molecule has 0 atom stereocenters. The molecule has 3 nitrogen and oxygen atoms in total. The molecule has 9 heteroatoms. The average Bonchev–Trinajstić information content (AvgIpc) is 3.29. The molecule has 6 rings (SSSR count). The van der Waals surface area contributed by atoms with Gasteiger partial charge < -0.3 is 4.57 Å². The van der Waals surface area contributed by atoms with Crippen molar-refractivity contribution in [2.75, 3.05) is 0 Å². The lowest BCUT2D eigenvalue weighted by atomic mass is 9.94. The van der Waals surface area contributed by atoms with E-state index in [0.29, 0.717) is 38.7 Å². The summed E-state index contributed by atoms with van der Waals surface area (Å²) in [5, 5.41) is 10.8. The molecule has 0 N–H and O–H groups in total. The van der Waals surface area contributed by atoms with Crippen molar-refractivity contribution in [3.05, 3.63) is 120 Å². The van der Waals surface area contributed by atoms with Gasteiger partial charge in [-0.3, -0.25) is 4.98 Å². The number of rotatable bonds is 3. The third-order valence-electron chi connectivity index (χ3n) is 7.00. The summed E-state index contributed by atoms with van der Waals surface area (Å²) >= 11 is 0. The SMILES string of the molecule is N#Cc1cc(-c2ccccc2)c(-n2c3cc(C(F)(F)F)ccc3c3ccc(C(F)(F)F)cc32)cc1-c1ccncc1. The Bertz CT molecular complexity index is 1890. The Hall–Kier alpha value is -5.10. The molecule has 0 radical (unpaired) electrons. The quantitative estimate of drug-likeness (QED) is 0.204. The van der Waals surface area contributed by atoms with Gasteiger partial charge in [0.25, 0.3) is 0 Å². The fourth-order valence-electron chi connectivity index (χ4n) is 5.12. The molecule has 0 bridgehead atoms. The number of nitriles is 1. The molecule has 0 saturated carbocycles. The minimum absolute atomic E-state index is 0.0803. The molecule has 0 aliphatic carbocycles. The van der Waals surface area contributed by atoms with Crippen LogP contribution in [-0.2, 0) is 12.4 Å². The Kier molecular flexibility index (Phi) is 6.07. The van der Waals surface area contributed by atoms with E-state index in [-0.39, 0.29) is 16.6 Å². The summed E-state index contributed by atoms with van der Waals surface area (Å²) in [4.78, 5) is 4.01. The van der Waals surface area contributed by atoms with E-state index in [1.807, 2.05) is 0 Å². The van der Waals surface area contributed by atoms with Gasteiger partial charge in [-0.15, -0.1) is 0 Å². The number of alkyl halides is 6. The van der Waals surface area contributed by atoms with Crippen molar-refractivity contribution in [2.24, 2.45) is 0 Å². The topological polar surface area (TPSA) is 41.6 Å². The minimum Gasteiger partial charge on any atom is -0.309 e. The fourth-order valence-corrected chi connectivity index (χ4v) is 5.12. The molecule has 41 heavy (non-hydrogen) atoms. The molecule has 6 aromatic rings. The molecule has 0 spiro atoms. The van der Waals surface area contributed by atoms with E-state index in [2.05, 4.69) is 11.1 Å². The first-order chi connectivity index (χ1) is 19.6. The molecule has 4 aromatic carbocycles. The number of fused-ring (bicyclic) bond motifs is 3. The van der Waals surface area contributed by atoms with E-state index in [9.17, 15) is 31.6 Å². The van der Waals surface area contributed by atoms with Crippen LogP contribution < -0.4 is 0 Å². The first-order valence-corrected chi connectivity index (χ1v) is 12.3. The van der Waals surface area contributed by atoms with Crippen LogP contribution in [0.1, 0.15) is 16.7 Å². The van der Waals surface area contributed by atoms with Crippen molar-refractivity contribution >= 4 is 21.8 Å². The van der Waals surface area contributed by atoms with Gasteiger partial charge in [-0.1, -0.05) is 42.5 Å². The smallest absolute Gasteiger partial charge is 0.309 e. The van der Waals surface area contributed by atoms with E-state index < -0.39 is 23.5 Å². The fraction of sp³-hybridized carbons (Fsp3) is 0.0625. The zero-order valence-electron chi connectivity index (χ0n) is 20.9. The number of pyridine rings is 1. The van der Waals surface area contributed by atoms with Crippen molar-refractivity contribution in [3.63, 3.8) is 0 Å². The van der Waals surface area contributed by atoms with Crippen molar-refractivity contribution in [1.82, 2.24) is 9.55 Å². The molecule has 0 saturated heterocycles. The molecular weight excluding hydrogens is 540 g/mol. The van der Waals surface area contributed by atoms with Crippen molar-refractivity contribution < 1.29 is 26.3 Å². The lowest BCUT2D eigenvalue weighted by Crippen LogP contribution is -2.06. The van der Waals surface area contributed by atoms with Crippen LogP contribution in [0.2, 0.25) is 0 Å². The first-order valence-electron chi connectivity index (χ1n) is 12.3. The summed E-state index contributed by atoms with van der Waals surface area (Å²) in [6.45, 7) is 0. The average molecular weight is 557 g/mol. The molecule has 2 heterocycles. The molecule has 0 aliphatic heterocycles. The van der Waals surface area contributed by atoms with E-state index in [1.54, 1.807) is 54.6 Å². The third-order valence-corrected chi connectivity index (χ3v) is 7.00. The lowest BCUT2D eigenvalue weighted by molar-refractivity contribution is -0.138. The number of hydrogen-bond acceptors (Lipinski definition) is 2. The van der Waals surface area contributed by atoms with Crippen LogP contribution in [0.5, 0.6) is 0 Å².